The van der Waals surface area contributed by atoms with Crippen LogP contribution < -0.4 is 5.73 Å². The number of aromatic nitrogens is 4. The van der Waals surface area contributed by atoms with E-state index in [1.54, 1.807) is 24.5 Å². The third-order valence-corrected chi connectivity index (χ3v) is 3.21. The number of nitrogen functional groups attached to an aromatic ring is 1. The first-order chi connectivity index (χ1) is 10.1. The molecule has 3 rings (SSSR count). The lowest BCUT2D eigenvalue weighted by Crippen LogP contribution is -2.03. The number of nitrogens with two attached hydrogens (primary N) is 1. The van der Waals surface area contributed by atoms with Crippen molar-refractivity contribution in [1.82, 2.24) is 19.5 Å². The van der Waals surface area contributed by atoms with Gasteiger partial charge in [0.25, 0.3) is 0 Å². The standard InChI is InChI=1S/C14H13N5O2/c1-19-7-9(10-4-6-17-14(15)18-10)11-8(13(20)21-2)3-5-16-12(11)19/h3-7H,1-2H3,(H2,15,17,18). The maximum atomic E-state index is 12.0. The smallest absolute Gasteiger partial charge is 0.338 e. The third kappa shape index (κ3) is 2.08. The molecule has 3 heterocycles. The van der Waals surface area contributed by atoms with Gasteiger partial charge in [0.1, 0.15) is 5.65 Å². The molecule has 21 heavy (non-hydrogen) atoms. The number of rotatable bonds is 2. The van der Waals surface area contributed by atoms with Crippen LogP contribution in [0.2, 0.25) is 0 Å². The van der Waals surface area contributed by atoms with E-state index < -0.39 is 5.97 Å². The van der Waals surface area contributed by atoms with Crippen LogP contribution in [0.3, 0.4) is 0 Å². The molecule has 3 aromatic heterocycles. The predicted molar refractivity (Wildman–Crippen MR) is 77.5 cm³/mol. The van der Waals surface area contributed by atoms with Crippen LogP contribution in [0, 0.1) is 0 Å². The van der Waals surface area contributed by atoms with Gasteiger partial charge in [0, 0.05) is 36.6 Å². The zero-order valence-corrected chi connectivity index (χ0v) is 11.6. The number of carbonyl (C=O) groups excluding carboxylic acids is 1. The molecule has 7 heteroatoms. The second-order valence-corrected chi connectivity index (χ2v) is 4.50. The molecular formula is C14H13N5O2. The number of fused-ring (bicyclic) bond motifs is 1. The normalized spacial score (nSPS) is 10.8. The Hall–Kier alpha value is -2.96. The number of pyridine rings is 1. The molecule has 0 saturated carbocycles. The van der Waals surface area contributed by atoms with Gasteiger partial charge in [0.15, 0.2) is 0 Å². The fourth-order valence-corrected chi connectivity index (χ4v) is 2.30. The monoisotopic (exact) mass is 283 g/mol. The van der Waals surface area contributed by atoms with Crippen molar-refractivity contribution in [2.45, 2.75) is 0 Å². The van der Waals surface area contributed by atoms with Crippen molar-refractivity contribution in [3.8, 4) is 11.3 Å². The van der Waals surface area contributed by atoms with Crippen molar-refractivity contribution in [1.29, 1.82) is 0 Å². The molecule has 0 saturated heterocycles. The highest BCUT2D eigenvalue weighted by molar-refractivity contribution is 6.08. The van der Waals surface area contributed by atoms with Gasteiger partial charge in [-0.2, -0.15) is 0 Å². The van der Waals surface area contributed by atoms with Gasteiger partial charge in [0.2, 0.25) is 5.95 Å². The minimum Gasteiger partial charge on any atom is -0.465 e. The van der Waals surface area contributed by atoms with Gasteiger partial charge in [-0.25, -0.2) is 19.7 Å². The summed E-state index contributed by atoms with van der Waals surface area (Å²) in [6.45, 7) is 0. The Labute approximate surface area is 120 Å². The van der Waals surface area contributed by atoms with E-state index in [-0.39, 0.29) is 5.95 Å². The van der Waals surface area contributed by atoms with Crippen LogP contribution in [0.1, 0.15) is 10.4 Å². The highest BCUT2D eigenvalue weighted by Gasteiger charge is 2.19. The fraction of sp³-hybridized carbons (Fsp3) is 0.143. The lowest BCUT2D eigenvalue weighted by atomic mass is 10.1. The Bertz CT molecular complexity index is 840. The summed E-state index contributed by atoms with van der Waals surface area (Å²) in [7, 11) is 3.20. The van der Waals surface area contributed by atoms with Crippen LogP contribution >= 0.6 is 0 Å². The van der Waals surface area contributed by atoms with Crippen molar-refractivity contribution in [2.75, 3.05) is 12.8 Å². The summed E-state index contributed by atoms with van der Waals surface area (Å²) in [4.78, 5) is 24.4. The number of anilines is 1. The highest BCUT2D eigenvalue weighted by Crippen LogP contribution is 2.31. The summed E-state index contributed by atoms with van der Waals surface area (Å²) in [5, 5.41) is 0.685. The van der Waals surface area contributed by atoms with E-state index in [4.69, 9.17) is 10.5 Å². The van der Waals surface area contributed by atoms with Gasteiger partial charge < -0.3 is 15.0 Å². The summed E-state index contributed by atoms with van der Waals surface area (Å²) >= 11 is 0. The molecule has 0 aliphatic heterocycles. The average molecular weight is 283 g/mol. The lowest BCUT2D eigenvalue weighted by molar-refractivity contribution is 0.0603. The van der Waals surface area contributed by atoms with Crippen LogP contribution in [0.4, 0.5) is 5.95 Å². The van der Waals surface area contributed by atoms with Gasteiger partial charge >= 0.3 is 5.97 Å². The first kappa shape index (κ1) is 13.0. The largest absolute Gasteiger partial charge is 0.465 e. The number of carbonyl (C=O) groups is 1. The number of hydrogen-bond donors (Lipinski definition) is 1. The molecule has 3 aromatic rings. The molecule has 0 bridgehead atoms. The average Bonchev–Trinajstić information content (AvgIpc) is 2.84. The maximum Gasteiger partial charge on any atom is 0.338 e. The Morgan fingerprint density at radius 2 is 2.05 bits per heavy atom. The zero-order valence-electron chi connectivity index (χ0n) is 11.6. The first-order valence-corrected chi connectivity index (χ1v) is 6.23. The van der Waals surface area contributed by atoms with Crippen molar-refractivity contribution in [3.63, 3.8) is 0 Å². The molecule has 106 valence electrons. The number of methoxy groups -OCH3 is 1. The third-order valence-electron chi connectivity index (χ3n) is 3.21. The van der Waals surface area contributed by atoms with E-state index >= 15 is 0 Å². The molecule has 0 radical (unpaired) electrons. The molecule has 0 amide bonds. The molecule has 0 aliphatic rings. The van der Waals surface area contributed by atoms with Gasteiger partial charge in [-0.05, 0) is 12.1 Å². The Morgan fingerprint density at radius 3 is 2.76 bits per heavy atom. The maximum absolute atomic E-state index is 12.0. The minimum absolute atomic E-state index is 0.174. The van der Waals surface area contributed by atoms with Crippen molar-refractivity contribution < 1.29 is 9.53 Å². The quantitative estimate of drug-likeness (QED) is 0.714. The molecule has 0 fully saturated rings. The van der Waals surface area contributed by atoms with Crippen LogP contribution in [0.25, 0.3) is 22.3 Å². The second-order valence-electron chi connectivity index (χ2n) is 4.50. The van der Waals surface area contributed by atoms with Crippen LogP contribution in [-0.4, -0.2) is 32.6 Å². The summed E-state index contributed by atoms with van der Waals surface area (Å²) in [5.74, 6) is -0.245. The van der Waals surface area contributed by atoms with E-state index in [2.05, 4.69) is 15.0 Å². The van der Waals surface area contributed by atoms with Crippen molar-refractivity contribution in [2.24, 2.45) is 7.05 Å². The first-order valence-electron chi connectivity index (χ1n) is 6.23. The lowest BCUT2D eigenvalue weighted by Gasteiger charge is -2.04. The van der Waals surface area contributed by atoms with E-state index in [0.717, 1.165) is 5.56 Å². The molecule has 0 unspecified atom stereocenters. The summed E-state index contributed by atoms with van der Waals surface area (Å²) in [6, 6.07) is 3.36. The van der Waals surface area contributed by atoms with Crippen LogP contribution in [0.15, 0.2) is 30.7 Å². The highest BCUT2D eigenvalue weighted by atomic mass is 16.5. The summed E-state index contributed by atoms with van der Waals surface area (Å²) in [6.07, 6.45) is 5.00. The topological polar surface area (TPSA) is 95.9 Å². The van der Waals surface area contributed by atoms with Gasteiger partial charge in [-0.3, -0.25) is 0 Å². The van der Waals surface area contributed by atoms with Crippen LogP contribution in [-0.2, 0) is 11.8 Å². The molecule has 0 aromatic carbocycles. The van der Waals surface area contributed by atoms with E-state index in [1.807, 2.05) is 17.8 Å². The SMILES string of the molecule is COC(=O)c1ccnc2c1c(-c1ccnc(N)n1)cn2C. The van der Waals surface area contributed by atoms with Gasteiger partial charge in [0.05, 0.1) is 18.4 Å². The van der Waals surface area contributed by atoms with Crippen LogP contribution in [0.5, 0.6) is 0 Å². The molecule has 7 nitrogen and oxygen atoms in total. The summed E-state index contributed by atoms with van der Waals surface area (Å²) in [5.41, 5.74) is 8.14. The molecular weight excluding hydrogens is 270 g/mol. The number of ether oxygens (including phenoxy) is 1. The molecule has 0 spiro atoms. The number of aryl methyl sites for hydroxylation is 1. The number of nitrogens with zero attached hydrogens (tertiary/aromatic N) is 4. The van der Waals surface area contributed by atoms with Gasteiger partial charge in [-0.1, -0.05) is 0 Å². The Kier molecular flexibility index (Phi) is 3.02. The predicted octanol–water partition coefficient (Wildman–Crippen LogP) is 1.40. The minimum atomic E-state index is -0.420. The molecule has 0 aliphatic carbocycles. The van der Waals surface area contributed by atoms with Crippen molar-refractivity contribution in [3.05, 3.63) is 36.3 Å². The number of esters is 1. The van der Waals surface area contributed by atoms with E-state index in [1.165, 1.54) is 7.11 Å². The number of hydrogen-bond acceptors (Lipinski definition) is 6. The van der Waals surface area contributed by atoms with Crippen molar-refractivity contribution >= 4 is 23.0 Å². The molecule has 0 atom stereocenters. The van der Waals surface area contributed by atoms with E-state index in [0.29, 0.717) is 22.3 Å². The van der Waals surface area contributed by atoms with Gasteiger partial charge in [-0.15, -0.1) is 0 Å². The fourth-order valence-electron chi connectivity index (χ4n) is 2.30. The zero-order chi connectivity index (χ0) is 15.0. The van der Waals surface area contributed by atoms with E-state index in [9.17, 15) is 4.79 Å². The Balaban J connectivity index is 2.35. The Morgan fingerprint density at radius 1 is 1.29 bits per heavy atom. The second kappa shape index (κ2) is 4.86. The molecule has 2 N–H and O–H groups in total. The summed E-state index contributed by atoms with van der Waals surface area (Å²) < 4.78 is 6.66.